The molecule has 2 unspecified atom stereocenters. The molecule has 2 atom stereocenters. The van der Waals surface area contributed by atoms with E-state index in [1.54, 1.807) is 19.2 Å². The summed E-state index contributed by atoms with van der Waals surface area (Å²) in [5, 5.41) is 3.20. The van der Waals surface area contributed by atoms with Crippen molar-refractivity contribution in [3.8, 4) is 11.5 Å². The lowest BCUT2D eigenvalue weighted by molar-refractivity contribution is -0.136. The van der Waals surface area contributed by atoms with Crippen LogP contribution in [0.4, 0.5) is 5.69 Å². The molecule has 0 bridgehead atoms. The molecule has 4 rings (SSSR count). The minimum atomic E-state index is -0.784. The number of nitrogens with one attached hydrogen (secondary N) is 1. The zero-order valence-electron chi connectivity index (χ0n) is 20.6. The Bertz CT molecular complexity index is 1050. The van der Waals surface area contributed by atoms with Crippen LogP contribution >= 0.6 is 0 Å². The average molecular weight is 465 g/mol. The molecule has 34 heavy (non-hydrogen) atoms. The summed E-state index contributed by atoms with van der Waals surface area (Å²) >= 11 is 0. The predicted octanol–water partition coefficient (Wildman–Crippen LogP) is 5.10. The number of esters is 1. The van der Waals surface area contributed by atoms with Gasteiger partial charge in [0.05, 0.1) is 12.8 Å². The lowest BCUT2D eigenvalue weighted by Gasteiger charge is -2.36. The molecule has 6 heteroatoms. The monoisotopic (exact) mass is 464 g/mol. The first-order valence-electron chi connectivity index (χ1n) is 12.4. The van der Waals surface area contributed by atoms with E-state index in [0.717, 1.165) is 53.8 Å². The number of hydrogen-bond acceptors (Lipinski definition) is 5. The summed E-state index contributed by atoms with van der Waals surface area (Å²) < 4.78 is 11.0. The maximum atomic E-state index is 13.9. The minimum Gasteiger partial charge on any atom is -0.496 e. The highest BCUT2D eigenvalue weighted by molar-refractivity contribution is 6.10. The van der Waals surface area contributed by atoms with Crippen LogP contribution in [0.2, 0.25) is 0 Å². The SMILES string of the molecule is COc1ccc2c(c1C)NC(=O)C2(c1ccc(OC(=O)C(N)C(C)C)cc1)C1CCCCCC1. The number of methoxy groups -OCH3 is 1. The van der Waals surface area contributed by atoms with E-state index in [1.165, 1.54) is 12.8 Å². The third-order valence-electron chi connectivity index (χ3n) is 7.64. The quantitative estimate of drug-likeness (QED) is 0.353. The van der Waals surface area contributed by atoms with E-state index < -0.39 is 17.4 Å². The molecule has 1 aliphatic carbocycles. The summed E-state index contributed by atoms with van der Waals surface area (Å²) in [5.74, 6) is 0.936. The smallest absolute Gasteiger partial charge is 0.328 e. The third-order valence-corrected chi connectivity index (χ3v) is 7.64. The van der Waals surface area contributed by atoms with Crippen LogP contribution in [0.25, 0.3) is 0 Å². The molecule has 1 heterocycles. The van der Waals surface area contributed by atoms with E-state index in [4.69, 9.17) is 15.2 Å². The first-order chi connectivity index (χ1) is 16.3. The van der Waals surface area contributed by atoms with Gasteiger partial charge in [-0.1, -0.05) is 57.7 Å². The van der Waals surface area contributed by atoms with Gasteiger partial charge in [-0.15, -0.1) is 0 Å². The number of fused-ring (bicyclic) bond motifs is 1. The number of benzene rings is 2. The fraction of sp³-hybridized carbons (Fsp3) is 0.500. The Morgan fingerprint density at radius 2 is 1.71 bits per heavy atom. The van der Waals surface area contributed by atoms with Crippen LogP contribution in [0, 0.1) is 18.8 Å². The van der Waals surface area contributed by atoms with Crippen LogP contribution in [-0.4, -0.2) is 25.0 Å². The van der Waals surface area contributed by atoms with Crippen molar-refractivity contribution in [2.24, 2.45) is 17.6 Å². The van der Waals surface area contributed by atoms with E-state index in [0.29, 0.717) is 5.75 Å². The Morgan fingerprint density at radius 1 is 1.06 bits per heavy atom. The van der Waals surface area contributed by atoms with Gasteiger partial charge >= 0.3 is 5.97 Å². The zero-order valence-corrected chi connectivity index (χ0v) is 20.6. The van der Waals surface area contributed by atoms with Gasteiger partial charge < -0.3 is 20.5 Å². The number of nitrogens with two attached hydrogens (primary N) is 1. The van der Waals surface area contributed by atoms with Gasteiger partial charge in [0.2, 0.25) is 5.91 Å². The molecular weight excluding hydrogens is 428 g/mol. The Kier molecular flexibility index (Phi) is 6.99. The first kappa shape index (κ1) is 24.3. The van der Waals surface area contributed by atoms with Crippen LogP contribution < -0.4 is 20.5 Å². The fourth-order valence-electron chi connectivity index (χ4n) is 5.62. The number of ether oxygens (including phenoxy) is 2. The molecule has 2 aliphatic rings. The fourth-order valence-corrected chi connectivity index (χ4v) is 5.62. The van der Waals surface area contributed by atoms with Gasteiger partial charge in [0, 0.05) is 5.56 Å². The maximum Gasteiger partial charge on any atom is 0.328 e. The van der Waals surface area contributed by atoms with Gasteiger partial charge in [0.1, 0.15) is 23.0 Å². The number of carbonyl (C=O) groups is 2. The molecule has 0 spiro atoms. The number of rotatable bonds is 6. The average Bonchev–Trinajstić information content (AvgIpc) is 2.97. The molecule has 2 aromatic rings. The summed E-state index contributed by atoms with van der Waals surface area (Å²) in [5.41, 5.74) is 8.89. The Morgan fingerprint density at radius 3 is 2.29 bits per heavy atom. The zero-order chi connectivity index (χ0) is 24.5. The van der Waals surface area contributed by atoms with Gasteiger partial charge in [-0.25, -0.2) is 4.79 Å². The number of hydrogen-bond donors (Lipinski definition) is 2. The molecule has 1 aliphatic heterocycles. The molecule has 3 N–H and O–H groups in total. The van der Waals surface area contributed by atoms with Gasteiger partial charge in [0.15, 0.2) is 0 Å². The van der Waals surface area contributed by atoms with Crippen molar-refractivity contribution >= 4 is 17.6 Å². The molecule has 0 radical (unpaired) electrons. The second-order valence-electron chi connectivity index (χ2n) is 9.98. The van der Waals surface area contributed by atoms with E-state index in [-0.39, 0.29) is 17.7 Å². The highest BCUT2D eigenvalue weighted by atomic mass is 16.5. The van der Waals surface area contributed by atoms with Crippen LogP contribution in [0.15, 0.2) is 36.4 Å². The highest BCUT2D eigenvalue weighted by Crippen LogP contribution is 2.53. The van der Waals surface area contributed by atoms with Crippen LogP contribution in [0.1, 0.15) is 69.1 Å². The van der Waals surface area contributed by atoms with Crippen molar-refractivity contribution in [2.75, 3.05) is 12.4 Å². The van der Waals surface area contributed by atoms with Gasteiger partial charge in [-0.05, 0) is 60.9 Å². The Labute approximate surface area is 202 Å². The molecule has 1 fully saturated rings. The minimum absolute atomic E-state index is 0.0100. The van der Waals surface area contributed by atoms with E-state index >= 15 is 0 Å². The normalized spacial score (nSPS) is 21.5. The van der Waals surface area contributed by atoms with Crippen molar-refractivity contribution in [1.29, 1.82) is 0 Å². The number of amides is 1. The summed E-state index contributed by atoms with van der Waals surface area (Å²) in [7, 11) is 1.65. The predicted molar refractivity (Wildman–Crippen MR) is 133 cm³/mol. The molecule has 182 valence electrons. The lowest BCUT2D eigenvalue weighted by atomic mass is 9.64. The highest BCUT2D eigenvalue weighted by Gasteiger charge is 2.53. The molecule has 6 nitrogen and oxygen atoms in total. The Balaban J connectivity index is 1.78. The van der Waals surface area contributed by atoms with Crippen LogP contribution in [-0.2, 0) is 15.0 Å². The van der Waals surface area contributed by atoms with Crippen molar-refractivity contribution in [3.05, 3.63) is 53.1 Å². The summed E-state index contributed by atoms with van der Waals surface area (Å²) in [6.45, 7) is 5.76. The summed E-state index contributed by atoms with van der Waals surface area (Å²) in [6.07, 6.45) is 6.64. The molecule has 0 saturated heterocycles. The molecule has 1 amide bonds. The van der Waals surface area contributed by atoms with Gasteiger partial charge in [0.25, 0.3) is 0 Å². The van der Waals surface area contributed by atoms with Crippen molar-refractivity contribution in [3.63, 3.8) is 0 Å². The van der Waals surface area contributed by atoms with Crippen LogP contribution in [0.3, 0.4) is 0 Å². The van der Waals surface area contributed by atoms with Gasteiger partial charge in [-0.2, -0.15) is 0 Å². The Hall–Kier alpha value is -2.86. The summed E-state index contributed by atoms with van der Waals surface area (Å²) in [6, 6.07) is 10.7. The topological polar surface area (TPSA) is 90.6 Å². The largest absolute Gasteiger partial charge is 0.496 e. The number of anilines is 1. The van der Waals surface area contributed by atoms with Crippen LogP contribution in [0.5, 0.6) is 11.5 Å². The third kappa shape index (κ3) is 4.09. The van der Waals surface area contributed by atoms with E-state index in [9.17, 15) is 9.59 Å². The molecule has 0 aromatic heterocycles. The maximum absolute atomic E-state index is 13.9. The second kappa shape index (κ2) is 9.79. The van der Waals surface area contributed by atoms with Crippen molar-refractivity contribution in [1.82, 2.24) is 0 Å². The number of carbonyl (C=O) groups excluding carboxylic acids is 2. The van der Waals surface area contributed by atoms with E-state index in [1.807, 2.05) is 45.0 Å². The first-order valence-corrected chi connectivity index (χ1v) is 12.4. The molecular formula is C28H36N2O4. The molecule has 2 aromatic carbocycles. The lowest BCUT2D eigenvalue weighted by Crippen LogP contribution is -2.43. The second-order valence-corrected chi connectivity index (χ2v) is 9.98. The van der Waals surface area contributed by atoms with Crippen molar-refractivity contribution in [2.45, 2.75) is 70.8 Å². The molecule has 1 saturated carbocycles. The summed E-state index contributed by atoms with van der Waals surface area (Å²) in [4.78, 5) is 26.2. The van der Waals surface area contributed by atoms with Crippen molar-refractivity contribution < 1.29 is 19.1 Å². The van der Waals surface area contributed by atoms with E-state index in [2.05, 4.69) is 5.32 Å². The van der Waals surface area contributed by atoms with Gasteiger partial charge in [-0.3, -0.25) is 4.79 Å². The standard InChI is InChI=1S/C28H36N2O4/c1-17(2)24(29)26(31)34-21-13-11-20(12-14-21)28(19-9-7-5-6-8-10-19)22-15-16-23(33-4)18(3)25(22)30-27(28)32/h11-17,19,24H,5-10,29H2,1-4H3,(H,30,32).